The standard InChI is InChI=1S/C22H29NO5/c1-20(27,19(25)26)13-23-18(24)22-10-14-7-15(11-22)9-21(8-14,12-22)16-3-5-17(28-2)6-4-16/h3-6,14-15,27H,7-13H2,1-2H3,(H,23,24)(H,25,26). The van der Waals surface area contributed by atoms with Gasteiger partial charge >= 0.3 is 5.97 Å². The first-order valence-electron chi connectivity index (χ1n) is 10.1. The summed E-state index contributed by atoms with van der Waals surface area (Å²) in [5.74, 6) is 0.453. The van der Waals surface area contributed by atoms with Crippen molar-refractivity contribution in [2.24, 2.45) is 17.3 Å². The first kappa shape index (κ1) is 19.2. The molecule has 3 N–H and O–H groups in total. The van der Waals surface area contributed by atoms with E-state index in [9.17, 15) is 14.7 Å². The van der Waals surface area contributed by atoms with Crippen LogP contribution in [0.25, 0.3) is 0 Å². The van der Waals surface area contributed by atoms with Gasteiger partial charge in [-0.15, -0.1) is 0 Å². The van der Waals surface area contributed by atoms with E-state index in [1.807, 2.05) is 12.1 Å². The summed E-state index contributed by atoms with van der Waals surface area (Å²) >= 11 is 0. The molecule has 0 heterocycles. The molecule has 6 nitrogen and oxygen atoms in total. The number of benzene rings is 1. The Bertz CT molecular complexity index is 771. The highest BCUT2D eigenvalue weighted by atomic mass is 16.5. The molecule has 3 unspecified atom stereocenters. The first-order valence-corrected chi connectivity index (χ1v) is 10.1. The van der Waals surface area contributed by atoms with Crippen molar-refractivity contribution in [3.8, 4) is 5.75 Å². The van der Waals surface area contributed by atoms with Crippen molar-refractivity contribution in [1.29, 1.82) is 0 Å². The molecule has 4 aliphatic rings. The third-order valence-corrected chi connectivity index (χ3v) is 7.30. The van der Waals surface area contributed by atoms with Crippen molar-refractivity contribution in [3.63, 3.8) is 0 Å². The number of methoxy groups -OCH3 is 1. The van der Waals surface area contributed by atoms with Crippen LogP contribution in [0.1, 0.15) is 51.0 Å². The highest BCUT2D eigenvalue weighted by Gasteiger charge is 2.61. The summed E-state index contributed by atoms with van der Waals surface area (Å²) in [5, 5.41) is 21.8. The summed E-state index contributed by atoms with van der Waals surface area (Å²) in [5.41, 5.74) is -1.13. The zero-order valence-corrected chi connectivity index (χ0v) is 16.5. The van der Waals surface area contributed by atoms with Crippen molar-refractivity contribution >= 4 is 11.9 Å². The van der Waals surface area contributed by atoms with Crippen molar-refractivity contribution in [3.05, 3.63) is 29.8 Å². The Kier molecular flexibility index (Phi) is 4.45. The van der Waals surface area contributed by atoms with Gasteiger partial charge in [0.25, 0.3) is 0 Å². The van der Waals surface area contributed by atoms with Gasteiger partial charge in [-0.1, -0.05) is 12.1 Å². The summed E-state index contributed by atoms with van der Waals surface area (Å²) in [7, 11) is 1.66. The quantitative estimate of drug-likeness (QED) is 0.697. The minimum Gasteiger partial charge on any atom is -0.497 e. The van der Waals surface area contributed by atoms with Crippen LogP contribution in [0.3, 0.4) is 0 Å². The topological polar surface area (TPSA) is 95.9 Å². The monoisotopic (exact) mass is 387 g/mol. The van der Waals surface area contributed by atoms with E-state index in [1.165, 1.54) is 18.9 Å². The number of ether oxygens (including phenoxy) is 1. The van der Waals surface area contributed by atoms with Crippen LogP contribution >= 0.6 is 0 Å². The smallest absolute Gasteiger partial charge is 0.337 e. The Morgan fingerprint density at radius 1 is 1.18 bits per heavy atom. The second-order valence-electron chi connectivity index (χ2n) is 9.51. The van der Waals surface area contributed by atoms with Crippen molar-refractivity contribution in [1.82, 2.24) is 5.32 Å². The minimum absolute atomic E-state index is 0.00299. The highest BCUT2D eigenvalue weighted by Crippen LogP contribution is 2.65. The maximum atomic E-state index is 13.2. The van der Waals surface area contributed by atoms with Crippen LogP contribution in [0.15, 0.2) is 24.3 Å². The summed E-state index contributed by atoms with van der Waals surface area (Å²) in [6, 6.07) is 8.25. The Morgan fingerprint density at radius 3 is 2.32 bits per heavy atom. The van der Waals surface area contributed by atoms with Crippen LogP contribution in [0.2, 0.25) is 0 Å². The number of carboxylic acids is 1. The number of carbonyl (C=O) groups is 2. The average molecular weight is 387 g/mol. The number of carboxylic acid groups (broad SMARTS) is 1. The predicted octanol–water partition coefficient (Wildman–Crippen LogP) is 2.49. The summed E-state index contributed by atoms with van der Waals surface area (Å²) in [6.45, 7) is 0.946. The fourth-order valence-electron chi connectivity index (χ4n) is 6.33. The molecule has 4 saturated carbocycles. The molecule has 4 bridgehead atoms. The van der Waals surface area contributed by atoms with Gasteiger partial charge in [0.1, 0.15) is 5.75 Å². The molecule has 3 atom stereocenters. The molecule has 0 spiro atoms. The Hall–Kier alpha value is -2.08. The van der Waals surface area contributed by atoms with Crippen LogP contribution in [-0.2, 0) is 15.0 Å². The van der Waals surface area contributed by atoms with Crippen LogP contribution in [0.5, 0.6) is 5.75 Å². The molecular weight excluding hydrogens is 358 g/mol. The molecule has 4 fully saturated rings. The van der Waals surface area contributed by atoms with Crippen LogP contribution < -0.4 is 10.1 Å². The SMILES string of the molecule is COc1ccc(C23CC4CC(CC(C(=O)NCC(C)(O)C(=O)O)(C4)C2)C3)cc1. The lowest BCUT2D eigenvalue weighted by Gasteiger charge is -2.61. The van der Waals surface area contributed by atoms with Crippen LogP contribution in [0, 0.1) is 17.3 Å². The molecule has 4 aliphatic carbocycles. The van der Waals surface area contributed by atoms with Gasteiger partial charge in [0.15, 0.2) is 5.60 Å². The van der Waals surface area contributed by atoms with Crippen molar-refractivity contribution in [2.45, 2.75) is 56.5 Å². The van der Waals surface area contributed by atoms with Gasteiger partial charge in [0.2, 0.25) is 5.91 Å². The van der Waals surface area contributed by atoms with E-state index in [4.69, 9.17) is 9.84 Å². The molecule has 0 saturated heterocycles. The lowest BCUT2D eigenvalue weighted by atomic mass is 9.42. The molecule has 1 aromatic carbocycles. The first-order chi connectivity index (χ1) is 13.2. The summed E-state index contributed by atoms with van der Waals surface area (Å²) < 4.78 is 5.29. The number of nitrogens with one attached hydrogen (secondary N) is 1. The molecular formula is C22H29NO5. The normalized spacial score (nSPS) is 35.2. The van der Waals surface area contributed by atoms with Crippen LogP contribution in [0.4, 0.5) is 0 Å². The lowest BCUT2D eigenvalue weighted by Crippen LogP contribution is -2.60. The second-order valence-corrected chi connectivity index (χ2v) is 9.51. The number of hydrogen-bond acceptors (Lipinski definition) is 4. The molecule has 0 aromatic heterocycles. The van der Waals surface area contributed by atoms with Gasteiger partial charge in [-0.25, -0.2) is 4.79 Å². The zero-order valence-electron chi connectivity index (χ0n) is 16.5. The molecule has 6 heteroatoms. The largest absolute Gasteiger partial charge is 0.497 e. The number of aliphatic hydroxyl groups is 1. The molecule has 28 heavy (non-hydrogen) atoms. The fraction of sp³-hybridized carbons (Fsp3) is 0.636. The van der Waals surface area contributed by atoms with Crippen LogP contribution in [-0.4, -0.2) is 41.3 Å². The second kappa shape index (κ2) is 6.48. The predicted molar refractivity (Wildman–Crippen MR) is 103 cm³/mol. The fourth-order valence-corrected chi connectivity index (χ4v) is 6.33. The Balaban J connectivity index is 1.58. The van der Waals surface area contributed by atoms with E-state index < -0.39 is 17.0 Å². The number of hydrogen-bond donors (Lipinski definition) is 3. The van der Waals surface area contributed by atoms with E-state index in [1.54, 1.807) is 7.11 Å². The molecule has 1 amide bonds. The van der Waals surface area contributed by atoms with E-state index in [-0.39, 0.29) is 17.9 Å². The Morgan fingerprint density at radius 2 is 1.79 bits per heavy atom. The zero-order chi connectivity index (χ0) is 20.2. The van der Waals surface area contributed by atoms with Gasteiger partial charge in [-0.05, 0) is 80.4 Å². The maximum absolute atomic E-state index is 13.2. The van der Waals surface area contributed by atoms with E-state index >= 15 is 0 Å². The molecule has 0 radical (unpaired) electrons. The molecule has 152 valence electrons. The van der Waals surface area contributed by atoms with Gasteiger partial charge < -0.3 is 20.3 Å². The summed E-state index contributed by atoms with van der Waals surface area (Å²) in [6.07, 6.45) is 5.92. The number of aliphatic carboxylic acids is 1. The van der Waals surface area contributed by atoms with Gasteiger partial charge in [-0.2, -0.15) is 0 Å². The van der Waals surface area contributed by atoms with E-state index in [0.29, 0.717) is 11.8 Å². The number of amides is 1. The third kappa shape index (κ3) is 3.08. The number of rotatable bonds is 6. The van der Waals surface area contributed by atoms with Gasteiger partial charge in [0, 0.05) is 0 Å². The van der Waals surface area contributed by atoms with E-state index in [2.05, 4.69) is 17.4 Å². The summed E-state index contributed by atoms with van der Waals surface area (Å²) in [4.78, 5) is 24.4. The van der Waals surface area contributed by atoms with Crippen molar-refractivity contribution in [2.75, 3.05) is 13.7 Å². The maximum Gasteiger partial charge on any atom is 0.337 e. The number of carbonyl (C=O) groups excluding carboxylic acids is 1. The van der Waals surface area contributed by atoms with E-state index in [0.717, 1.165) is 37.9 Å². The average Bonchev–Trinajstić information content (AvgIpc) is 2.65. The highest BCUT2D eigenvalue weighted by molar-refractivity contribution is 5.85. The molecule has 5 rings (SSSR count). The molecule has 0 aliphatic heterocycles. The lowest BCUT2D eigenvalue weighted by molar-refractivity contribution is -0.158. The van der Waals surface area contributed by atoms with Gasteiger partial charge in [-0.3, -0.25) is 4.79 Å². The third-order valence-electron chi connectivity index (χ3n) is 7.30. The Labute approximate surface area is 165 Å². The molecule has 1 aromatic rings. The minimum atomic E-state index is -1.95. The van der Waals surface area contributed by atoms with Gasteiger partial charge in [0.05, 0.1) is 19.1 Å². The van der Waals surface area contributed by atoms with Crippen molar-refractivity contribution < 1.29 is 24.5 Å².